The molecule has 0 radical (unpaired) electrons. The predicted molar refractivity (Wildman–Crippen MR) is 122 cm³/mol. The van der Waals surface area contributed by atoms with Crippen molar-refractivity contribution < 1.29 is 0 Å². The molecule has 0 N–H and O–H groups in total. The zero-order valence-electron chi connectivity index (χ0n) is 16.6. The van der Waals surface area contributed by atoms with Gasteiger partial charge in [0.1, 0.15) is 5.65 Å². The first-order chi connectivity index (χ1) is 15.4. The monoisotopic (exact) mass is 396 g/mol. The van der Waals surface area contributed by atoms with E-state index in [1.807, 2.05) is 24.8 Å². The van der Waals surface area contributed by atoms with Gasteiger partial charge in [-0.2, -0.15) is 0 Å². The van der Waals surface area contributed by atoms with Crippen molar-refractivity contribution in [2.24, 2.45) is 0 Å². The van der Waals surface area contributed by atoms with Crippen LogP contribution in [0.2, 0.25) is 0 Å². The van der Waals surface area contributed by atoms with E-state index in [1.54, 1.807) is 0 Å². The van der Waals surface area contributed by atoms with E-state index in [0.717, 1.165) is 45.9 Å². The molecule has 6 aromatic rings. The van der Waals surface area contributed by atoms with E-state index in [1.165, 1.54) is 39.1 Å². The van der Waals surface area contributed by atoms with Crippen LogP contribution in [0.3, 0.4) is 0 Å². The fourth-order valence-electron chi connectivity index (χ4n) is 5.64. The Labute approximate surface area is 177 Å². The molecular formula is C27H16N4. The summed E-state index contributed by atoms with van der Waals surface area (Å²) in [7, 11) is 0. The average Bonchev–Trinajstić information content (AvgIpc) is 3.47. The van der Waals surface area contributed by atoms with Crippen molar-refractivity contribution in [2.45, 2.75) is 12.8 Å². The van der Waals surface area contributed by atoms with Crippen LogP contribution >= 0.6 is 0 Å². The lowest BCUT2D eigenvalue weighted by molar-refractivity contribution is 1.09. The van der Waals surface area contributed by atoms with Gasteiger partial charge in [-0.1, -0.05) is 24.3 Å². The van der Waals surface area contributed by atoms with Gasteiger partial charge in [-0.3, -0.25) is 14.4 Å². The number of hydrogen-bond donors (Lipinski definition) is 0. The number of pyridine rings is 3. The van der Waals surface area contributed by atoms with Crippen LogP contribution in [0.25, 0.3) is 49.7 Å². The number of fused-ring (bicyclic) bond motifs is 13. The minimum Gasteiger partial charge on any atom is -0.295 e. The van der Waals surface area contributed by atoms with Crippen molar-refractivity contribution in [3.63, 3.8) is 0 Å². The molecule has 4 heteroatoms. The van der Waals surface area contributed by atoms with Gasteiger partial charge in [-0.25, -0.2) is 4.98 Å². The lowest BCUT2D eigenvalue weighted by atomic mass is 9.99. The van der Waals surface area contributed by atoms with Crippen LogP contribution in [0, 0.1) is 0 Å². The second kappa shape index (κ2) is 5.35. The fourth-order valence-corrected chi connectivity index (χ4v) is 5.64. The SMILES string of the molecule is c1ccc2c(c1)Cc1cc3c(cc1-2)Cc1c-3nc2c3ccncc3c3cnccc3n12. The topological polar surface area (TPSA) is 43.1 Å². The maximum absolute atomic E-state index is 5.20. The third kappa shape index (κ3) is 1.88. The van der Waals surface area contributed by atoms with Crippen molar-refractivity contribution in [2.75, 3.05) is 0 Å². The lowest BCUT2D eigenvalue weighted by Crippen LogP contribution is -1.97. The zero-order valence-corrected chi connectivity index (χ0v) is 16.6. The Morgan fingerprint density at radius 3 is 2.45 bits per heavy atom. The van der Waals surface area contributed by atoms with Crippen molar-refractivity contribution in [3.8, 4) is 22.4 Å². The molecule has 0 bridgehead atoms. The number of imidazole rings is 1. The molecule has 4 nitrogen and oxygen atoms in total. The lowest BCUT2D eigenvalue weighted by Gasteiger charge is -2.09. The molecule has 4 aromatic heterocycles. The summed E-state index contributed by atoms with van der Waals surface area (Å²) < 4.78 is 2.34. The zero-order chi connectivity index (χ0) is 20.1. The summed E-state index contributed by atoms with van der Waals surface area (Å²) in [6.45, 7) is 0. The van der Waals surface area contributed by atoms with Crippen molar-refractivity contribution >= 4 is 27.3 Å². The molecule has 0 aliphatic heterocycles. The highest BCUT2D eigenvalue weighted by Gasteiger charge is 2.29. The van der Waals surface area contributed by atoms with Gasteiger partial charge in [0.2, 0.25) is 0 Å². The van der Waals surface area contributed by atoms with Crippen molar-refractivity contribution in [1.82, 2.24) is 19.4 Å². The van der Waals surface area contributed by atoms with Gasteiger partial charge in [0, 0.05) is 52.9 Å². The molecule has 144 valence electrons. The minimum absolute atomic E-state index is 0.898. The summed E-state index contributed by atoms with van der Waals surface area (Å²) >= 11 is 0. The molecule has 0 saturated carbocycles. The van der Waals surface area contributed by atoms with E-state index < -0.39 is 0 Å². The molecule has 0 fully saturated rings. The first kappa shape index (κ1) is 15.7. The largest absolute Gasteiger partial charge is 0.295 e. The van der Waals surface area contributed by atoms with Crippen molar-refractivity contribution in [1.29, 1.82) is 0 Å². The van der Waals surface area contributed by atoms with E-state index in [-0.39, 0.29) is 0 Å². The van der Waals surface area contributed by atoms with E-state index in [0.29, 0.717) is 0 Å². The van der Waals surface area contributed by atoms with Crippen LogP contribution in [-0.2, 0) is 12.8 Å². The summed E-state index contributed by atoms with van der Waals surface area (Å²) in [5.74, 6) is 0. The third-order valence-corrected chi connectivity index (χ3v) is 6.99. The Bertz CT molecular complexity index is 1740. The standard InChI is InChI=1S/C27H16N4/c1-2-4-18-15(3-1)9-16-11-21-17(10-20(16)18)12-25-26(21)30-27-19-5-7-28-13-22(19)23-14-29-8-6-24(23)31(25)27/h1-8,10-11,13-14H,9,12H2. The van der Waals surface area contributed by atoms with Crippen LogP contribution in [-0.4, -0.2) is 19.4 Å². The molecule has 4 heterocycles. The Morgan fingerprint density at radius 2 is 1.48 bits per heavy atom. The summed E-state index contributed by atoms with van der Waals surface area (Å²) in [6.07, 6.45) is 9.49. The Hall–Kier alpha value is -4.05. The third-order valence-electron chi connectivity index (χ3n) is 6.99. The van der Waals surface area contributed by atoms with Gasteiger partial charge in [-0.05, 0) is 58.5 Å². The van der Waals surface area contributed by atoms with Gasteiger partial charge in [0.25, 0.3) is 0 Å². The van der Waals surface area contributed by atoms with Gasteiger partial charge in [0.05, 0.1) is 16.9 Å². The molecular weight excluding hydrogens is 380 g/mol. The van der Waals surface area contributed by atoms with Crippen LogP contribution in [0.1, 0.15) is 22.4 Å². The minimum atomic E-state index is 0.898. The highest BCUT2D eigenvalue weighted by Crippen LogP contribution is 2.45. The van der Waals surface area contributed by atoms with Crippen LogP contribution in [0.4, 0.5) is 0 Å². The van der Waals surface area contributed by atoms with E-state index in [4.69, 9.17) is 4.98 Å². The fraction of sp³-hybridized carbons (Fsp3) is 0.0741. The first-order valence-corrected chi connectivity index (χ1v) is 10.6. The molecule has 0 spiro atoms. The summed E-state index contributed by atoms with van der Waals surface area (Å²) in [5.41, 5.74) is 12.8. The second-order valence-electron chi connectivity index (χ2n) is 8.56. The van der Waals surface area contributed by atoms with Crippen molar-refractivity contribution in [3.05, 3.63) is 95.7 Å². The molecule has 2 aliphatic rings. The Balaban J connectivity index is 1.46. The molecule has 0 atom stereocenters. The van der Waals surface area contributed by atoms with E-state index >= 15 is 0 Å². The maximum Gasteiger partial charge on any atom is 0.146 e. The van der Waals surface area contributed by atoms with E-state index in [2.05, 4.69) is 62.9 Å². The molecule has 31 heavy (non-hydrogen) atoms. The summed E-state index contributed by atoms with van der Waals surface area (Å²) in [5, 5.41) is 3.34. The number of nitrogens with zero attached hydrogens (tertiary/aromatic N) is 4. The van der Waals surface area contributed by atoms with E-state index in [9.17, 15) is 0 Å². The van der Waals surface area contributed by atoms with Gasteiger partial charge >= 0.3 is 0 Å². The Morgan fingerprint density at radius 1 is 0.677 bits per heavy atom. The summed E-state index contributed by atoms with van der Waals surface area (Å²) in [4.78, 5) is 14.0. The molecule has 2 aliphatic carbocycles. The highest BCUT2D eigenvalue weighted by molar-refractivity contribution is 6.11. The number of benzene rings is 2. The number of rotatable bonds is 0. The Kier molecular flexibility index (Phi) is 2.72. The second-order valence-corrected chi connectivity index (χ2v) is 8.56. The van der Waals surface area contributed by atoms with Gasteiger partial charge in [0.15, 0.2) is 0 Å². The van der Waals surface area contributed by atoms with Crippen LogP contribution in [0.5, 0.6) is 0 Å². The number of hydrogen-bond acceptors (Lipinski definition) is 3. The molecule has 2 aromatic carbocycles. The summed E-state index contributed by atoms with van der Waals surface area (Å²) in [6, 6.07) is 17.7. The molecule has 0 unspecified atom stereocenters. The molecule has 0 saturated heterocycles. The highest BCUT2D eigenvalue weighted by atomic mass is 15.0. The van der Waals surface area contributed by atoms with Gasteiger partial charge < -0.3 is 0 Å². The predicted octanol–water partition coefficient (Wildman–Crippen LogP) is 5.57. The first-order valence-electron chi connectivity index (χ1n) is 10.6. The molecule has 8 rings (SSSR count). The maximum atomic E-state index is 5.20. The van der Waals surface area contributed by atoms with Crippen LogP contribution in [0.15, 0.2) is 73.3 Å². The smallest absolute Gasteiger partial charge is 0.146 e. The molecule has 0 amide bonds. The van der Waals surface area contributed by atoms with Gasteiger partial charge in [-0.15, -0.1) is 0 Å². The quantitative estimate of drug-likeness (QED) is 0.315. The average molecular weight is 396 g/mol. The number of aromatic nitrogens is 4. The van der Waals surface area contributed by atoms with Crippen LogP contribution < -0.4 is 0 Å². The normalized spacial score (nSPS) is 13.5.